The van der Waals surface area contributed by atoms with Crippen molar-refractivity contribution in [2.24, 2.45) is 17.8 Å². The summed E-state index contributed by atoms with van der Waals surface area (Å²) in [7, 11) is 2.71. The largest absolute Gasteiger partial charge is 0.480 e. The molecule has 59 heavy (non-hydrogen) atoms. The lowest BCUT2D eigenvalue weighted by Crippen LogP contribution is -2.55. The molecule has 0 saturated heterocycles. The molecule has 0 aliphatic rings. The topological polar surface area (TPSA) is 192 Å². The van der Waals surface area contributed by atoms with E-state index in [4.69, 9.17) is 9.84 Å². The first-order valence-corrected chi connectivity index (χ1v) is 20.1. The highest BCUT2D eigenvalue weighted by Crippen LogP contribution is 2.17. The molecule has 4 N–H and O–H groups in total. The number of halogens is 1. The molecule has 14 nitrogen and oxygen atoms in total. The van der Waals surface area contributed by atoms with E-state index in [1.807, 2.05) is 20.8 Å². The van der Waals surface area contributed by atoms with Crippen molar-refractivity contribution in [3.63, 3.8) is 0 Å². The number of carboxylic acids is 1. The second kappa shape index (κ2) is 30.0. The van der Waals surface area contributed by atoms with Gasteiger partial charge in [-0.25, -0.2) is 9.18 Å². The fraction of sp³-hybridized carbons (Fsp3) is 0.614. The predicted molar refractivity (Wildman–Crippen MR) is 228 cm³/mol. The molecule has 1 aromatic carbocycles. The fourth-order valence-corrected chi connectivity index (χ4v) is 4.88. The van der Waals surface area contributed by atoms with Crippen LogP contribution in [-0.2, 0) is 38.3 Å². The molecule has 0 saturated carbocycles. The zero-order valence-electron chi connectivity index (χ0n) is 37.9. The molecule has 0 heterocycles. The highest BCUT2D eigenvalue weighted by molar-refractivity contribution is 5.94. The molecule has 4 unspecified atom stereocenters. The molecule has 5 amide bonds. The number of esters is 1. The first-order valence-electron chi connectivity index (χ1n) is 20.1. The highest BCUT2D eigenvalue weighted by atomic mass is 19.1. The Kier molecular flexibility index (Phi) is 28.5. The summed E-state index contributed by atoms with van der Waals surface area (Å²) < 4.78 is 17.2. The van der Waals surface area contributed by atoms with E-state index in [9.17, 15) is 38.0 Å². The molecule has 0 bridgehead atoms. The fourth-order valence-electron chi connectivity index (χ4n) is 4.88. The van der Waals surface area contributed by atoms with E-state index < -0.39 is 79.3 Å². The first-order chi connectivity index (χ1) is 27.4. The Bertz CT molecular complexity index is 1540. The lowest BCUT2D eigenvalue weighted by Gasteiger charge is -2.27. The van der Waals surface area contributed by atoms with Crippen LogP contribution in [0.15, 0.2) is 47.6 Å². The van der Waals surface area contributed by atoms with Crippen LogP contribution in [0.4, 0.5) is 4.39 Å². The second-order valence-corrected chi connectivity index (χ2v) is 15.7. The number of ether oxygens (including phenoxy) is 1. The summed E-state index contributed by atoms with van der Waals surface area (Å²) in [5.41, 5.74) is 2.79. The molecule has 0 aliphatic carbocycles. The third-order valence-corrected chi connectivity index (χ3v) is 8.78. The second-order valence-electron chi connectivity index (χ2n) is 15.7. The molecular formula is C44H72FN5O9. The van der Waals surface area contributed by atoms with Crippen molar-refractivity contribution in [3.8, 4) is 0 Å². The molecule has 0 aromatic heterocycles. The number of carbonyl (C=O) groups is 7. The summed E-state index contributed by atoms with van der Waals surface area (Å²) in [6.45, 7) is 21.1. The lowest BCUT2D eigenvalue weighted by atomic mass is 9.97. The van der Waals surface area contributed by atoms with Crippen molar-refractivity contribution < 1.29 is 47.8 Å². The average molecular weight is 834 g/mol. The van der Waals surface area contributed by atoms with E-state index in [2.05, 4.69) is 56.6 Å². The minimum absolute atomic E-state index is 0.171. The van der Waals surface area contributed by atoms with Gasteiger partial charge in [-0.2, -0.15) is 0 Å². The molecule has 1 rings (SSSR count). The van der Waals surface area contributed by atoms with Gasteiger partial charge >= 0.3 is 11.9 Å². The Morgan fingerprint density at radius 1 is 0.831 bits per heavy atom. The number of nitrogens with one attached hydrogen (secondary N) is 3. The smallest absolute Gasteiger partial charge is 0.333 e. The molecule has 0 radical (unpaired) electrons. The van der Waals surface area contributed by atoms with E-state index in [1.165, 1.54) is 45.6 Å². The van der Waals surface area contributed by atoms with Crippen LogP contribution in [-0.4, -0.2) is 108 Å². The average Bonchev–Trinajstić information content (AvgIpc) is 3.15. The van der Waals surface area contributed by atoms with E-state index in [-0.39, 0.29) is 11.7 Å². The summed E-state index contributed by atoms with van der Waals surface area (Å²) in [5.74, 6) is -4.20. The number of carboxylic acid groups (broad SMARTS) is 1. The summed E-state index contributed by atoms with van der Waals surface area (Å²) in [6.07, 6.45) is 6.98. The number of hydrogen-bond donors (Lipinski definition) is 4. The number of carbonyl (C=O) groups excluding carboxylic acids is 6. The number of likely N-dealkylation sites (N-methyl/N-ethyl adjacent to an activating group) is 2. The van der Waals surface area contributed by atoms with Gasteiger partial charge in [-0.1, -0.05) is 83.4 Å². The Hall–Kier alpha value is -5.08. The SMILES string of the molecule is C/C=C(\C)CC(C)CC/C=C(\C)C(=O)OCC(=O)NC(C)C(=O)N(C)CC(=O)N(C)CC(=O)NC(C(=O)N[C@H](C)C(=O)O)C(C)CC.CC(C)C.Cc1ccc(F)cc1. The zero-order chi connectivity index (χ0) is 46.0. The van der Waals surface area contributed by atoms with Gasteiger partial charge in [-0.05, 0) is 90.7 Å². The Labute approximate surface area is 351 Å². The predicted octanol–water partition coefficient (Wildman–Crippen LogP) is 5.59. The van der Waals surface area contributed by atoms with Crippen molar-refractivity contribution in [1.82, 2.24) is 25.8 Å². The number of benzene rings is 1. The van der Waals surface area contributed by atoms with Gasteiger partial charge in [-0.15, -0.1) is 0 Å². The van der Waals surface area contributed by atoms with Gasteiger partial charge in [0.1, 0.15) is 23.9 Å². The van der Waals surface area contributed by atoms with E-state index in [0.29, 0.717) is 24.3 Å². The van der Waals surface area contributed by atoms with E-state index in [1.54, 1.807) is 32.1 Å². The van der Waals surface area contributed by atoms with Gasteiger partial charge in [0.15, 0.2) is 6.61 Å². The maximum atomic E-state index is 12.8. The van der Waals surface area contributed by atoms with Crippen LogP contribution in [0.1, 0.15) is 107 Å². The highest BCUT2D eigenvalue weighted by Gasteiger charge is 2.29. The van der Waals surface area contributed by atoms with Crippen molar-refractivity contribution in [3.05, 3.63) is 58.9 Å². The molecular weight excluding hydrogens is 762 g/mol. The summed E-state index contributed by atoms with van der Waals surface area (Å²) in [4.78, 5) is 88.7. The Balaban J connectivity index is 0. The van der Waals surface area contributed by atoms with Crippen molar-refractivity contribution in [1.29, 1.82) is 0 Å². The molecule has 334 valence electrons. The summed E-state index contributed by atoms with van der Waals surface area (Å²) in [6, 6.07) is 3.19. The third kappa shape index (κ3) is 26.5. The van der Waals surface area contributed by atoms with Gasteiger partial charge in [0.25, 0.3) is 5.91 Å². The number of aryl methyl sites for hydroxylation is 1. The molecule has 0 aliphatic heterocycles. The van der Waals surface area contributed by atoms with Gasteiger partial charge in [-0.3, -0.25) is 28.8 Å². The monoisotopic (exact) mass is 834 g/mol. The molecule has 0 spiro atoms. The maximum absolute atomic E-state index is 12.8. The molecule has 15 heteroatoms. The van der Waals surface area contributed by atoms with Crippen LogP contribution < -0.4 is 16.0 Å². The van der Waals surface area contributed by atoms with Crippen LogP contribution >= 0.6 is 0 Å². The van der Waals surface area contributed by atoms with Crippen LogP contribution in [0.25, 0.3) is 0 Å². The maximum Gasteiger partial charge on any atom is 0.333 e. The standard InChI is InChI=1S/C33H55N5O9.C7H7F.C4H10/c1-11-20(3)16-21(4)14-13-15-23(6)33(46)47-19-27(40)34-24(7)31(43)38(10)18-28(41)37(9)17-26(39)36-29(22(5)12-2)30(42)35-25(8)32(44)45;1-6-2-4-7(8)5-3-6;1-4(2)3/h11,15,21-22,24-25,29H,12-14,16-19H2,1-10H3,(H,34,40)(H,35,42)(H,36,39)(H,44,45);2-5H,1H3;4H,1-3H3/b20-11+,23-15+;;/t21?,22?,24?,25-,29?;;/m1../s1. The van der Waals surface area contributed by atoms with Crippen LogP contribution in [0.3, 0.4) is 0 Å². The zero-order valence-corrected chi connectivity index (χ0v) is 37.9. The van der Waals surface area contributed by atoms with E-state index in [0.717, 1.165) is 34.1 Å². The van der Waals surface area contributed by atoms with Crippen LogP contribution in [0, 0.1) is 30.5 Å². The molecule has 5 atom stereocenters. The third-order valence-electron chi connectivity index (χ3n) is 8.78. The summed E-state index contributed by atoms with van der Waals surface area (Å²) >= 11 is 0. The number of amides is 5. The summed E-state index contributed by atoms with van der Waals surface area (Å²) in [5, 5.41) is 16.4. The van der Waals surface area contributed by atoms with Crippen LogP contribution in [0.5, 0.6) is 0 Å². The number of nitrogens with zero attached hydrogens (tertiary/aromatic N) is 2. The number of hydrogen-bond acceptors (Lipinski definition) is 8. The molecule has 0 fully saturated rings. The Morgan fingerprint density at radius 3 is 1.88 bits per heavy atom. The molecule has 1 aromatic rings. The lowest BCUT2D eigenvalue weighted by molar-refractivity contribution is -0.146. The number of aliphatic carboxylic acids is 1. The normalized spacial score (nSPS) is 13.7. The van der Waals surface area contributed by atoms with Crippen molar-refractivity contribution >= 4 is 41.5 Å². The quantitative estimate of drug-likeness (QED) is 0.0738. The van der Waals surface area contributed by atoms with Gasteiger partial charge in [0.05, 0.1) is 13.1 Å². The van der Waals surface area contributed by atoms with Crippen molar-refractivity contribution in [2.75, 3.05) is 33.8 Å². The van der Waals surface area contributed by atoms with Gasteiger partial charge in [0.2, 0.25) is 23.6 Å². The number of rotatable bonds is 20. The minimum Gasteiger partial charge on any atom is -0.480 e. The van der Waals surface area contributed by atoms with Crippen LogP contribution in [0.2, 0.25) is 0 Å². The minimum atomic E-state index is -1.22. The van der Waals surface area contributed by atoms with Crippen molar-refractivity contribution in [2.45, 2.75) is 127 Å². The Morgan fingerprint density at radius 2 is 1.39 bits per heavy atom. The first kappa shape index (κ1) is 56.0. The van der Waals surface area contributed by atoms with Gasteiger partial charge in [0, 0.05) is 19.7 Å². The number of allylic oxidation sites excluding steroid dienone is 3. The van der Waals surface area contributed by atoms with Gasteiger partial charge < -0.3 is 35.6 Å². The van der Waals surface area contributed by atoms with E-state index >= 15 is 0 Å².